The second kappa shape index (κ2) is 7.40. The second-order valence-electron chi connectivity index (χ2n) is 4.93. The van der Waals surface area contributed by atoms with Gasteiger partial charge in [0.25, 0.3) is 5.91 Å². The van der Waals surface area contributed by atoms with E-state index in [9.17, 15) is 14.0 Å². The van der Waals surface area contributed by atoms with E-state index < -0.39 is 17.8 Å². The molecule has 0 heterocycles. The Morgan fingerprint density at radius 2 is 1.70 bits per heavy atom. The second-order valence-corrected chi connectivity index (χ2v) is 4.93. The third-order valence-corrected chi connectivity index (χ3v) is 2.99. The van der Waals surface area contributed by atoms with E-state index in [0.717, 1.165) is 0 Å². The van der Waals surface area contributed by atoms with Crippen molar-refractivity contribution in [2.24, 2.45) is 0 Å². The Morgan fingerprint density at radius 1 is 1.04 bits per heavy atom. The van der Waals surface area contributed by atoms with E-state index >= 15 is 0 Å². The number of anilines is 2. The van der Waals surface area contributed by atoms with Gasteiger partial charge >= 0.3 is 0 Å². The van der Waals surface area contributed by atoms with Gasteiger partial charge in [-0.1, -0.05) is 12.1 Å². The van der Waals surface area contributed by atoms with Crippen molar-refractivity contribution in [1.82, 2.24) is 0 Å². The molecule has 120 valence electrons. The lowest BCUT2D eigenvalue weighted by atomic mass is 10.2. The lowest BCUT2D eigenvalue weighted by molar-refractivity contribution is -0.122. The van der Waals surface area contributed by atoms with Crippen LogP contribution in [0.4, 0.5) is 15.8 Å². The Morgan fingerprint density at radius 3 is 2.30 bits per heavy atom. The number of halogens is 1. The fraction of sp³-hybridized carbons (Fsp3) is 0.176. The van der Waals surface area contributed by atoms with Crippen molar-refractivity contribution >= 4 is 23.2 Å². The molecule has 0 aliphatic rings. The Bertz CT molecular complexity index is 701. The van der Waals surface area contributed by atoms with Gasteiger partial charge in [0.05, 0.1) is 5.69 Å². The minimum atomic E-state index is -0.804. The molecule has 2 N–H and O–H groups in total. The van der Waals surface area contributed by atoms with Gasteiger partial charge in [0, 0.05) is 12.6 Å². The zero-order chi connectivity index (χ0) is 16.8. The highest BCUT2D eigenvalue weighted by molar-refractivity contribution is 5.94. The average molecular weight is 316 g/mol. The third-order valence-electron chi connectivity index (χ3n) is 2.99. The molecule has 0 unspecified atom stereocenters. The quantitative estimate of drug-likeness (QED) is 0.890. The molecule has 0 aliphatic heterocycles. The molecule has 0 radical (unpaired) electrons. The van der Waals surface area contributed by atoms with Crippen molar-refractivity contribution < 1.29 is 18.7 Å². The van der Waals surface area contributed by atoms with Crippen LogP contribution in [0.5, 0.6) is 5.75 Å². The zero-order valence-electron chi connectivity index (χ0n) is 12.8. The summed E-state index contributed by atoms with van der Waals surface area (Å²) in [5.74, 6) is -0.666. The molecular weight excluding hydrogens is 299 g/mol. The van der Waals surface area contributed by atoms with Crippen LogP contribution in [-0.4, -0.2) is 17.9 Å². The third kappa shape index (κ3) is 4.81. The first-order chi connectivity index (χ1) is 11.0. The average Bonchev–Trinajstić information content (AvgIpc) is 2.51. The number of carbonyl (C=O) groups excluding carboxylic acids is 2. The van der Waals surface area contributed by atoms with Crippen molar-refractivity contribution in [3.63, 3.8) is 0 Å². The Kier molecular flexibility index (Phi) is 5.30. The number of benzene rings is 2. The predicted octanol–water partition coefficient (Wildman–Crippen LogP) is 3.19. The first-order valence-electron chi connectivity index (χ1n) is 7.05. The van der Waals surface area contributed by atoms with Crippen molar-refractivity contribution in [1.29, 1.82) is 0 Å². The fourth-order valence-electron chi connectivity index (χ4n) is 1.87. The number of hydrogen-bond donors (Lipinski definition) is 2. The number of rotatable bonds is 5. The standard InChI is InChI=1S/C17H17FN2O3/c1-11(17(22)20-16-6-4-3-5-15(16)18)23-14-9-7-13(8-10-14)19-12(2)21/h3-11H,1-2H3,(H,19,21)(H,20,22)/t11-/m1/s1. The molecule has 0 bridgehead atoms. The van der Waals surface area contributed by atoms with Crippen molar-refractivity contribution in [2.75, 3.05) is 10.6 Å². The van der Waals surface area contributed by atoms with Crippen LogP contribution in [0.3, 0.4) is 0 Å². The lowest BCUT2D eigenvalue weighted by Crippen LogP contribution is -2.30. The molecular formula is C17H17FN2O3. The minimum absolute atomic E-state index is 0.106. The summed E-state index contributed by atoms with van der Waals surface area (Å²) in [7, 11) is 0. The monoisotopic (exact) mass is 316 g/mol. The summed E-state index contributed by atoms with van der Waals surface area (Å²) in [6, 6.07) is 12.5. The zero-order valence-corrected chi connectivity index (χ0v) is 12.8. The summed E-state index contributed by atoms with van der Waals surface area (Å²) in [6.07, 6.45) is -0.804. The van der Waals surface area contributed by atoms with Crippen LogP contribution < -0.4 is 15.4 Å². The Balaban J connectivity index is 1.95. The largest absolute Gasteiger partial charge is 0.481 e. The summed E-state index contributed by atoms with van der Waals surface area (Å²) >= 11 is 0. The summed E-state index contributed by atoms with van der Waals surface area (Å²) < 4.78 is 19.0. The Labute approximate surface area is 133 Å². The van der Waals surface area contributed by atoms with Crippen LogP contribution >= 0.6 is 0 Å². The van der Waals surface area contributed by atoms with Gasteiger partial charge in [0.15, 0.2) is 6.10 Å². The molecule has 0 saturated heterocycles. The van der Waals surface area contributed by atoms with E-state index in [1.54, 1.807) is 43.3 Å². The SMILES string of the molecule is CC(=O)Nc1ccc(O[C@H](C)C(=O)Nc2ccccc2F)cc1. The van der Waals surface area contributed by atoms with Gasteiger partial charge < -0.3 is 15.4 Å². The number of para-hydroxylation sites is 1. The van der Waals surface area contributed by atoms with Crippen molar-refractivity contribution in [3.8, 4) is 5.75 Å². The number of ether oxygens (including phenoxy) is 1. The Hall–Kier alpha value is -2.89. The van der Waals surface area contributed by atoms with E-state index in [0.29, 0.717) is 11.4 Å². The van der Waals surface area contributed by atoms with E-state index in [1.807, 2.05) is 0 Å². The molecule has 2 aromatic carbocycles. The maximum Gasteiger partial charge on any atom is 0.265 e. The molecule has 5 nitrogen and oxygen atoms in total. The van der Waals surface area contributed by atoms with Crippen molar-refractivity contribution in [3.05, 3.63) is 54.3 Å². The summed E-state index contributed by atoms with van der Waals surface area (Å²) in [5, 5.41) is 5.10. The number of amides is 2. The van der Waals surface area contributed by atoms with Crippen LogP contribution in [0.15, 0.2) is 48.5 Å². The highest BCUT2D eigenvalue weighted by Gasteiger charge is 2.16. The minimum Gasteiger partial charge on any atom is -0.481 e. The predicted molar refractivity (Wildman–Crippen MR) is 85.9 cm³/mol. The summed E-state index contributed by atoms with van der Waals surface area (Å²) in [6.45, 7) is 2.98. The topological polar surface area (TPSA) is 67.4 Å². The maximum absolute atomic E-state index is 13.5. The van der Waals surface area contributed by atoms with Crippen molar-refractivity contribution in [2.45, 2.75) is 20.0 Å². The highest BCUT2D eigenvalue weighted by atomic mass is 19.1. The highest BCUT2D eigenvalue weighted by Crippen LogP contribution is 2.18. The summed E-state index contributed by atoms with van der Waals surface area (Å²) in [5.41, 5.74) is 0.738. The molecule has 0 aliphatic carbocycles. The van der Waals surface area contributed by atoms with Gasteiger partial charge in [-0.15, -0.1) is 0 Å². The number of carbonyl (C=O) groups is 2. The van der Waals surface area contributed by atoms with E-state index in [4.69, 9.17) is 4.74 Å². The van der Waals surface area contributed by atoms with Crippen LogP contribution in [0, 0.1) is 5.82 Å². The molecule has 2 aromatic rings. The van der Waals surface area contributed by atoms with E-state index in [-0.39, 0.29) is 11.6 Å². The molecule has 0 aromatic heterocycles. The molecule has 23 heavy (non-hydrogen) atoms. The molecule has 0 saturated carbocycles. The van der Waals surface area contributed by atoms with Crippen LogP contribution in [-0.2, 0) is 9.59 Å². The molecule has 0 spiro atoms. The number of hydrogen-bond acceptors (Lipinski definition) is 3. The van der Waals surface area contributed by atoms with Gasteiger partial charge in [0.2, 0.25) is 5.91 Å². The molecule has 6 heteroatoms. The van der Waals surface area contributed by atoms with Crippen LogP contribution in [0.25, 0.3) is 0 Å². The van der Waals surface area contributed by atoms with E-state index in [2.05, 4.69) is 10.6 Å². The van der Waals surface area contributed by atoms with Crippen LogP contribution in [0.1, 0.15) is 13.8 Å². The first kappa shape index (κ1) is 16.5. The van der Waals surface area contributed by atoms with Crippen LogP contribution in [0.2, 0.25) is 0 Å². The van der Waals surface area contributed by atoms with Gasteiger partial charge in [-0.25, -0.2) is 4.39 Å². The van der Waals surface area contributed by atoms with E-state index in [1.165, 1.54) is 19.1 Å². The lowest BCUT2D eigenvalue weighted by Gasteiger charge is -2.15. The molecule has 0 fully saturated rings. The molecule has 1 atom stereocenters. The molecule has 2 amide bonds. The van der Waals surface area contributed by atoms with Gasteiger partial charge in [-0.3, -0.25) is 9.59 Å². The molecule has 2 rings (SSSR count). The smallest absolute Gasteiger partial charge is 0.265 e. The fourth-order valence-corrected chi connectivity index (χ4v) is 1.87. The maximum atomic E-state index is 13.5. The summed E-state index contributed by atoms with van der Waals surface area (Å²) in [4.78, 5) is 23.0. The number of nitrogens with one attached hydrogen (secondary N) is 2. The normalized spacial score (nSPS) is 11.4. The van der Waals surface area contributed by atoms with Gasteiger partial charge in [0.1, 0.15) is 11.6 Å². The first-order valence-corrected chi connectivity index (χ1v) is 7.05. The van der Waals surface area contributed by atoms with Gasteiger partial charge in [-0.2, -0.15) is 0 Å². The van der Waals surface area contributed by atoms with Gasteiger partial charge in [-0.05, 0) is 43.3 Å².